The summed E-state index contributed by atoms with van der Waals surface area (Å²) in [6.07, 6.45) is 1.25. The molecule has 140 valence electrons. The van der Waals surface area contributed by atoms with E-state index in [1.807, 2.05) is 0 Å². The molecule has 0 radical (unpaired) electrons. The van der Waals surface area contributed by atoms with Crippen molar-refractivity contribution in [1.82, 2.24) is 9.13 Å². The summed E-state index contributed by atoms with van der Waals surface area (Å²) in [5.74, 6) is 0. The third-order valence-electron chi connectivity index (χ3n) is 4.22. The van der Waals surface area contributed by atoms with Crippen LogP contribution in [0.4, 0.5) is 5.69 Å². The number of hydrogen-bond donors (Lipinski definition) is 1. The maximum Gasteiger partial charge on any atom is 0.330 e. The van der Waals surface area contributed by atoms with Gasteiger partial charge < -0.3 is 4.57 Å². The van der Waals surface area contributed by atoms with Crippen LogP contribution in [0.3, 0.4) is 0 Å². The molecule has 2 heterocycles. The van der Waals surface area contributed by atoms with Gasteiger partial charge in [-0.2, -0.15) is 0 Å². The van der Waals surface area contributed by atoms with Crippen LogP contribution >= 0.6 is 0 Å². The smallest absolute Gasteiger partial charge is 0.302 e. The molecule has 0 amide bonds. The summed E-state index contributed by atoms with van der Waals surface area (Å²) < 4.78 is 51.6. The molecule has 0 saturated heterocycles. The second-order valence-corrected chi connectivity index (χ2v) is 9.31. The summed E-state index contributed by atoms with van der Waals surface area (Å²) in [4.78, 5) is 23.4. The van der Waals surface area contributed by atoms with Crippen LogP contribution in [0, 0.1) is 0 Å². The summed E-state index contributed by atoms with van der Waals surface area (Å²) in [6.45, 7) is 0.0394. The van der Waals surface area contributed by atoms with E-state index in [9.17, 15) is 26.4 Å². The first-order chi connectivity index (χ1) is 11.9. The highest BCUT2D eigenvalue weighted by Gasteiger charge is 2.34. The fourth-order valence-electron chi connectivity index (χ4n) is 2.85. The Hall–Kier alpha value is -2.44. The van der Waals surface area contributed by atoms with Crippen LogP contribution < -0.4 is 20.7 Å². The summed E-state index contributed by atoms with van der Waals surface area (Å²) in [5.41, 5.74) is -0.814. The van der Waals surface area contributed by atoms with Crippen molar-refractivity contribution in [2.45, 2.75) is 16.2 Å². The summed E-state index contributed by atoms with van der Waals surface area (Å²) in [6, 6.07) is 3.87. The lowest BCUT2D eigenvalue weighted by molar-refractivity contribution is 0.581. The lowest BCUT2D eigenvalue weighted by Crippen LogP contribution is -2.42. The van der Waals surface area contributed by atoms with Crippen molar-refractivity contribution < 1.29 is 16.8 Å². The molecular formula is C14H16N4O6S2. The first-order valence-corrected chi connectivity index (χ1v) is 10.4. The average Bonchev–Trinajstić information content (AvgIpc) is 2.99. The Morgan fingerprint density at radius 3 is 2.35 bits per heavy atom. The van der Waals surface area contributed by atoms with Gasteiger partial charge in [-0.15, -0.1) is 0 Å². The van der Waals surface area contributed by atoms with Crippen molar-refractivity contribution in [3.63, 3.8) is 0 Å². The Bertz CT molecular complexity index is 1240. The van der Waals surface area contributed by atoms with Gasteiger partial charge in [0.2, 0.25) is 10.0 Å². The Morgan fingerprint density at radius 1 is 1.08 bits per heavy atom. The van der Waals surface area contributed by atoms with Gasteiger partial charge in [-0.05, 0) is 30.2 Å². The number of anilines is 1. The average molecular weight is 400 g/mol. The number of sulfonamides is 2. The Kier molecular flexibility index (Phi) is 4.09. The van der Waals surface area contributed by atoms with Crippen LogP contribution in [0.15, 0.2) is 43.8 Å². The predicted octanol–water partition coefficient (Wildman–Crippen LogP) is -1.52. The molecule has 2 aromatic rings. The Balaban J connectivity index is 2.16. The van der Waals surface area contributed by atoms with Gasteiger partial charge in [0, 0.05) is 26.8 Å². The highest BCUT2D eigenvalue weighted by Crippen LogP contribution is 2.33. The van der Waals surface area contributed by atoms with Crippen LogP contribution in [0.2, 0.25) is 0 Å². The van der Waals surface area contributed by atoms with Gasteiger partial charge in [0.25, 0.3) is 15.6 Å². The summed E-state index contributed by atoms with van der Waals surface area (Å²) >= 11 is 0. The third kappa shape index (κ3) is 2.75. The maximum atomic E-state index is 13.0. The van der Waals surface area contributed by atoms with Gasteiger partial charge in [0.05, 0.1) is 10.6 Å². The van der Waals surface area contributed by atoms with Crippen LogP contribution in [0.1, 0.15) is 5.56 Å². The van der Waals surface area contributed by atoms with E-state index in [2.05, 4.69) is 0 Å². The van der Waals surface area contributed by atoms with Gasteiger partial charge in [0.15, 0.2) is 4.90 Å². The van der Waals surface area contributed by atoms with Crippen molar-refractivity contribution in [3.05, 3.63) is 50.8 Å². The molecule has 0 unspecified atom stereocenters. The van der Waals surface area contributed by atoms with Gasteiger partial charge in [0.1, 0.15) is 0 Å². The lowest BCUT2D eigenvalue weighted by atomic mass is 10.2. The van der Waals surface area contributed by atoms with E-state index in [1.54, 1.807) is 0 Å². The Labute approximate surface area is 149 Å². The molecule has 0 fully saturated rings. The van der Waals surface area contributed by atoms with E-state index in [1.165, 1.54) is 32.3 Å². The van der Waals surface area contributed by atoms with Crippen molar-refractivity contribution in [2.75, 3.05) is 10.8 Å². The molecule has 12 heteroatoms. The van der Waals surface area contributed by atoms with E-state index in [4.69, 9.17) is 5.14 Å². The van der Waals surface area contributed by atoms with Gasteiger partial charge in [-0.1, -0.05) is 0 Å². The standard InChI is InChI=1S/C14H16N4O6S2/c1-16-8-12(13(19)17(2)14(16)20)26(23,24)18-6-5-9-7-10(25(15,21)22)3-4-11(9)18/h3-4,7-8H,5-6H2,1-2H3,(H2,15,21,22). The number of fused-ring (bicyclic) bond motifs is 1. The topological polar surface area (TPSA) is 142 Å². The highest BCUT2D eigenvalue weighted by atomic mass is 32.2. The zero-order valence-electron chi connectivity index (χ0n) is 13.9. The third-order valence-corrected chi connectivity index (χ3v) is 6.92. The van der Waals surface area contributed by atoms with Crippen LogP contribution in [-0.2, 0) is 40.6 Å². The molecular weight excluding hydrogens is 384 g/mol. The molecule has 1 aromatic carbocycles. The molecule has 0 atom stereocenters. The van der Waals surface area contributed by atoms with Crippen LogP contribution in [0.5, 0.6) is 0 Å². The highest BCUT2D eigenvalue weighted by molar-refractivity contribution is 7.92. The SMILES string of the molecule is Cn1cc(S(=O)(=O)N2CCc3cc(S(N)(=O)=O)ccc32)c(=O)n(C)c1=O. The van der Waals surface area contributed by atoms with Crippen LogP contribution in [0.25, 0.3) is 0 Å². The monoisotopic (exact) mass is 400 g/mol. The fourth-order valence-corrected chi connectivity index (χ4v) is 5.06. The summed E-state index contributed by atoms with van der Waals surface area (Å²) in [7, 11) is -5.61. The normalized spacial score (nSPS) is 14.5. The van der Waals surface area contributed by atoms with Crippen molar-refractivity contribution >= 4 is 25.7 Å². The molecule has 1 aliphatic rings. The molecule has 1 aromatic heterocycles. The van der Waals surface area contributed by atoms with Crippen LogP contribution in [-0.4, -0.2) is 32.5 Å². The lowest BCUT2D eigenvalue weighted by Gasteiger charge is -2.20. The number of nitrogens with zero attached hydrogens (tertiary/aromatic N) is 3. The number of benzene rings is 1. The largest absolute Gasteiger partial charge is 0.330 e. The molecule has 3 rings (SSSR count). The maximum absolute atomic E-state index is 13.0. The zero-order chi connectivity index (χ0) is 19.4. The van der Waals surface area contributed by atoms with E-state index < -0.39 is 36.2 Å². The number of hydrogen-bond acceptors (Lipinski definition) is 6. The first kappa shape index (κ1) is 18.4. The molecule has 0 spiro atoms. The van der Waals surface area contributed by atoms with E-state index in [-0.39, 0.29) is 23.5 Å². The number of primary sulfonamides is 1. The van der Waals surface area contributed by atoms with Crippen molar-refractivity contribution in [3.8, 4) is 0 Å². The molecule has 2 N–H and O–H groups in total. The number of aryl methyl sites for hydroxylation is 1. The Morgan fingerprint density at radius 2 is 1.73 bits per heavy atom. The predicted molar refractivity (Wildman–Crippen MR) is 93.0 cm³/mol. The number of rotatable bonds is 3. The van der Waals surface area contributed by atoms with E-state index in [0.717, 1.165) is 15.1 Å². The number of nitrogens with two attached hydrogens (primary N) is 1. The molecule has 0 bridgehead atoms. The second-order valence-electron chi connectivity index (χ2n) is 5.91. The minimum atomic E-state index is -4.23. The molecule has 0 aliphatic carbocycles. The minimum absolute atomic E-state index is 0.0394. The zero-order valence-corrected chi connectivity index (χ0v) is 15.5. The van der Waals surface area contributed by atoms with E-state index in [0.29, 0.717) is 10.1 Å². The fraction of sp³-hybridized carbons (Fsp3) is 0.286. The molecule has 1 aliphatic heterocycles. The van der Waals surface area contributed by atoms with Gasteiger partial charge in [-0.25, -0.2) is 26.8 Å². The first-order valence-electron chi connectivity index (χ1n) is 7.39. The van der Waals surface area contributed by atoms with Gasteiger partial charge >= 0.3 is 5.69 Å². The summed E-state index contributed by atoms with van der Waals surface area (Å²) in [5, 5.41) is 5.09. The molecule has 10 nitrogen and oxygen atoms in total. The molecule has 0 saturated carbocycles. The van der Waals surface area contributed by atoms with Crippen molar-refractivity contribution in [2.24, 2.45) is 19.2 Å². The van der Waals surface area contributed by atoms with Gasteiger partial charge in [-0.3, -0.25) is 13.7 Å². The molecule has 26 heavy (non-hydrogen) atoms. The minimum Gasteiger partial charge on any atom is -0.302 e. The second kappa shape index (κ2) is 5.79. The quantitative estimate of drug-likeness (QED) is 0.663. The van der Waals surface area contributed by atoms with Crippen molar-refractivity contribution in [1.29, 1.82) is 0 Å². The number of aromatic nitrogens is 2. The van der Waals surface area contributed by atoms with E-state index >= 15 is 0 Å².